The van der Waals surface area contributed by atoms with Crippen molar-refractivity contribution in [3.63, 3.8) is 0 Å². The maximum Gasteiger partial charge on any atom is 0.261 e. The van der Waals surface area contributed by atoms with E-state index in [1.807, 2.05) is 27.8 Å². The Kier molecular flexibility index (Phi) is 9.14. The van der Waals surface area contributed by atoms with E-state index in [1.54, 1.807) is 40.5 Å². The molecule has 13 nitrogen and oxygen atoms in total. The van der Waals surface area contributed by atoms with Crippen molar-refractivity contribution in [2.45, 2.75) is 61.9 Å². The number of piperazine rings is 1. The molecule has 4 fully saturated rings. The van der Waals surface area contributed by atoms with Crippen LogP contribution >= 0.6 is 11.3 Å². The molecule has 6 rings (SSSR count). The van der Waals surface area contributed by atoms with Crippen LogP contribution in [0, 0.1) is 0 Å². The van der Waals surface area contributed by atoms with Crippen LogP contribution in [-0.2, 0) is 30.5 Å². The molecule has 4 aliphatic rings. The zero-order chi connectivity index (χ0) is 30.8. The third kappa shape index (κ3) is 6.59. The number of likely N-dealkylation sites (tertiary alicyclic amines) is 1. The fourth-order valence-corrected chi connectivity index (χ4v) is 7.13. The minimum Gasteiger partial charge on any atom is -0.484 e. The second-order valence-electron chi connectivity index (χ2n) is 11.7. The number of fused-ring (bicyclic) bond motifs is 6. The number of rotatable bonds is 5. The predicted octanol–water partition coefficient (Wildman–Crippen LogP) is -1.07. The second-order valence-corrected chi connectivity index (χ2v) is 12.5. The molecule has 4 N–H and O–H groups in total. The highest BCUT2D eigenvalue weighted by molar-refractivity contribution is 7.07. The van der Waals surface area contributed by atoms with Crippen molar-refractivity contribution in [1.82, 2.24) is 25.3 Å². The lowest BCUT2D eigenvalue weighted by atomic mass is 10.0. The quantitative estimate of drug-likeness (QED) is 0.324. The van der Waals surface area contributed by atoms with E-state index in [4.69, 9.17) is 9.47 Å². The van der Waals surface area contributed by atoms with Gasteiger partial charge in [-0.05, 0) is 40.9 Å². The maximum atomic E-state index is 14.0. The van der Waals surface area contributed by atoms with Crippen LogP contribution in [0.3, 0.4) is 0 Å². The van der Waals surface area contributed by atoms with E-state index in [0.717, 1.165) is 5.56 Å². The number of carbonyl (C=O) groups excluding carboxylic acids is 4. The summed E-state index contributed by atoms with van der Waals surface area (Å²) in [5.41, 5.74) is 1.05. The topological polar surface area (TPSA) is 161 Å². The molecule has 4 amide bonds. The first-order valence-corrected chi connectivity index (χ1v) is 15.8. The Bertz CT molecular complexity index is 1350. The van der Waals surface area contributed by atoms with Crippen LogP contribution in [0.2, 0.25) is 0 Å². The summed E-state index contributed by atoms with van der Waals surface area (Å²) in [6, 6.07) is 9.02. The van der Waals surface area contributed by atoms with E-state index in [-0.39, 0.29) is 57.1 Å². The van der Waals surface area contributed by atoms with Gasteiger partial charge in [0.1, 0.15) is 30.1 Å². The molecule has 14 heteroatoms. The van der Waals surface area contributed by atoms with Gasteiger partial charge in [-0.1, -0.05) is 18.2 Å². The monoisotopic (exact) mass is 627 g/mol. The molecule has 5 heterocycles. The van der Waals surface area contributed by atoms with Crippen LogP contribution in [0.15, 0.2) is 47.2 Å². The SMILES string of the molecule is O=C1C[C@@H]2O[C@H](CNC(=O)[C@@H]3CN(CCN3C(=O)COc3ccccc3)C(=O)[C@@H]3C[C@@H](CN3Cc3ccsc3)N1)[C@@H](O)[C@H]2O. The van der Waals surface area contributed by atoms with E-state index in [1.165, 1.54) is 4.90 Å². The van der Waals surface area contributed by atoms with Crippen LogP contribution in [0.1, 0.15) is 18.4 Å². The van der Waals surface area contributed by atoms with Gasteiger partial charge < -0.3 is 40.1 Å². The van der Waals surface area contributed by atoms with Gasteiger partial charge in [-0.15, -0.1) is 0 Å². The summed E-state index contributed by atoms with van der Waals surface area (Å²) in [6.45, 7) is 0.862. The molecule has 4 saturated heterocycles. The summed E-state index contributed by atoms with van der Waals surface area (Å²) >= 11 is 1.56. The summed E-state index contributed by atoms with van der Waals surface area (Å²) in [4.78, 5) is 59.0. The molecule has 1 aromatic carbocycles. The standard InChI is InChI=1S/C30H37N5O8S/c36-25-11-23-27(38)28(39)24(43-23)12-31-29(40)22-15-33(7-8-35(22)26(37)16-42-20-4-2-1-3-5-20)30(41)21-10-19(32-25)14-34(21)13-18-6-9-44-17-18/h1-6,9,17,19,21-24,27-28,38-39H,7-8,10-16H2,(H,31,40)(H,32,36)/t19-,21-,22-,23-,24+,27-,28+/m0/s1. The molecule has 7 atom stereocenters. The molecule has 0 radical (unpaired) electrons. The molecule has 236 valence electrons. The third-order valence-electron chi connectivity index (χ3n) is 8.77. The number of aliphatic hydroxyl groups is 2. The Balaban J connectivity index is 1.25. The van der Waals surface area contributed by atoms with Crippen molar-refractivity contribution in [2.75, 3.05) is 39.3 Å². The molecular weight excluding hydrogens is 590 g/mol. The molecular formula is C30H37N5O8S. The molecule has 1 aromatic heterocycles. The van der Waals surface area contributed by atoms with Crippen LogP contribution in [0.25, 0.3) is 0 Å². The number of hydrogen-bond donors (Lipinski definition) is 4. The highest BCUT2D eigenvalue weighted by atomic mass is 32.1. The van der Waals surface area contributed by atoms with Gasteiger partial charge in [0.15, 0.2) is 6.61 Å². The first-order valence-electron chi connectivity index (χ1n) is 14.9. The van der Waals surface area contributed by atoms with E-state index in [2.05, 4.69) is 10.6 Å². The lowest BCUT2D eigenvalue weighted by molar-refractivity contribution is -0.151. The average molecular weight is 628 g/mol. The number of thiophene rings is 1. The fourth-order valence-electron chi connectivity index (χ4n) is 6.47. The number of para-hydroxylation sites is 1. The lowest BCUT2D eigenvalue weighted by Gasteiger charge is -2.42. The van der Waals surface area contributed by atoms with E-state index in [0.29, 0.717) is 25.3 Å². The van der Waals surface area contributed by atoms with Crippen molar-refractivity contribution in [2.24, 2.45) is 0 Å². The van der Waals surface area contributed by atoms with Crippen LogP contribution in [0.5, 0.6) is 5.75 Å². The number of benzene rings is 1. The van der Waals surface area contributed by atoms with Gasteiger partial charge in [0, 0.05) is 38.8 Å². The summed E-state index contributed by atoms with van der Waals surface area (Å²) in [7, 11) is 0. The summed E-state index contributed by atoms with van der Waals surface area (Å²) in [5.74, 6) is -0.911. The fraction of sp³-hybridized carbons (Fsp3) is 0.533. The van der Waals surface area contributed by atoms with Gasteiger partial charge in [-0.2, -0.15) is 11.3 Å². The van der Waals surface area contributed by atoms with E-state index in [9.17, 15) is 29.4 Å². The van der Waals surface area contributed by atoms with Crippen molar-refractivity contribution >= 4 is 35.0 Å². The minimum absolute atomic E-state index is 0.0269. The number of nitrogens with zero attached hydrogens (tertiary/aromatic N) is 3. The third-order valence-corrected chi connectivity index (χ3v) is 9.50. The average Bonchev–Trinajstić information content (AvgIpc) is 3.75. The number of nitrogens with one attached hydrogen (secondary N) is 2. The number of hydrogen-bond acceptors (Lipinski definition) is 10. The largest absolute Gasteiger partial charge is 0.484 e. The summed E-state index contributed by atoms with van der Waals surface area (Å²) in [6.07, 6.45) is -4.36. The van der Waals surface area contributed by atoms with E-state index >= 15 is 0 Å². The number of aliphatic hydroxyl groups excluding tert-OH is 2. The zero-order valence-electron chi connectivity index (χ0n) is 24.1. The summed E-state index contributed by atoms with van der Waals surface area (Å²) < 4.78 is 11.5. The van der Waals surface area contributed by atoms with Crippen LogP contribution < -0.4 is 15.4 Å². The molecule has 4 aliphatic heterocycles. The number of carbonyl (C=O) groups is 4. The number of ether oxygens (including phenoxy) is 2. The Morgan fingerprint density at radius 2 is 1.82 bits per heavy atom. The molecule has 0 spiro atoms. The smallest absolute Gasteiger partial charge is 0.261 e. The highest BCUT2D eigenvalue weighted by Crippen LogP contribution is 2.27. The number of amides is 4. The van der Waals surface area contributed by atoms with Crippen LogP contribution in [0.4, 0.5) is 0 Å². The Morgan fingerprint density at radius 3 is 2.59 bits per heavy atom. The molecule has 2 aromatic rings. The van der Waals surface area contributed by atoms with Gasteiger partial charge >= 0.3 is 0 Å². The summed E-state index contributed by atoms with van der Waals surface area (Å²) in [5, 5.41) is 30.9. The highest BCUT2D eigenvalue weighted by Gasteiger charge is 2.47. The van der Waals surface area contributed by atoms with Gasteiger partial charge in [-0.3, -0.25) is 24.1 Å². The van der Waals surface area contributed by atoms with Crippen LogP contribution in [-0.4, -0.2) is 130 Å². The predicted molar refractivity (Wildman–Crippen MR) is 157 cm³/mol. The molecule has 0 saturated carbocycles. The Labute approximate surface area is 258 Å². The first-order chi connectivity index (χ1) is 21.3. The molecule has 0 aliphatic carbocycles. The van der Waals surface area contributed by atoms with Gasteiger partial charge in [0.25, 0.3) is 5.91 Å². The van der Waals surface area contributed by atoms with Crippen molar-refractivity contribution in [1.29, 1.82) is 0 Å². The first kappa shape index (κ1) is 30.5. The van der Waals surface area contributed by atoms with Gasteiger partial charge in [-0.25, -0.2) is 0 Å². The van der Waals surface area contributed by atoms with Crippen molar-refractivity contribution in [3.8, 4) is 5.75 Å². The maximum absolute atomic E-state index is 14.0. The van der Waals surface area contributed by atoms with Crippen molar-refractivity contribution in [3.05, 3.63) is 52.7 Å². The van der Waals surface area contributed by atoms with Gasteiger partial charge in [0.05, 0.1) is 25.1 Å². The lowest BCUT2D eigenvalue weighted by Crippen LogP contribution is -2.64. The molecule has 0 unspecified atom stereocenters. The zero-order valence-corrected chi connectivity index (χ0v) is 24.9. The van der Waals surface area contributed by atoms with E-state index < -0.39 is 48.3 Å². The minimum atomic E-state index is -1.32. The molecule has 44 heavy (non-hydrogen) atoms. The van der Waals surface area contributed by atoms with Crippen molar-refractivity contribution < 1.29 is 38.9 Å². The Morgan fingerprint density at radius 1 is 1.02 bits per heavy atom. The normalized spacial score (nSPS) is 31.5. The van der Waals surface area contributed by atoms with Gasteiger partial charge in [0.2, 0.25) is 17.7 Å². The Hall–Kier alpha value is -3.56. The molecule has 6 bridgehead atoms. The second kappa shape index (κ2) is 13.2.